The third kappa shape index (κ3) is 4.46. The lowest BCUT2D eigenvalue weighted by Gasteiger charge is -2.14. The predicted molar refractivity (Wildman–Crippen MR) is 98.2 cm³/mol. The van der Waals surface area contributed by atoms with Crippen LogP contribution in [0.5, 0.6) is 5.75 Å². The number of amides is 1. The van der Waals surface area contributed by atoms with Gasteiger partial charge in [0.25, 0.3) is 5.91 Å². The Morgan fingerprint density at radius 1 is 1.23 bits per heavy atom. The van der Waals surface area contributed by atoms with Crippen LogP contribution in [0.25, 0.3) is 0 Å². The zero-order valence-electron chi connectivity index (χ0n) is 14.7. The highest BCUT2D eigenvalue weighted by Gasteiger charge is 2.17. The highest BCUT2D eigenvalue weighted by atomic mass is 35.5. The van der Waals surface area contributed by atoms with Gasteiger partial charge in [0.1, 0.15) is 18.1 Å². The largest absolute Gasteiger partial charge is 0.486 e. The summed E-state index contributed by atoms with van der Waals surface area (Å²) in [6.07, 6.45) is 1.90. The van der Waals surface area contributed by atoms with Gasteiger partial charge in [-0.15, -0.1) is 0 Å². The molecule has 26 heavy (non-hydrogen) atoms. The molecule has 136 valence electrons. The van der Waals surface area contributed by atoms with Crippen molar-refractivity contribution in [2.45, 2.75) is 26.6 Å². The molecule has 0 aliphatic carbocycles. The van der Waals surface area contributed by atoms with Crippen LogP contribution in [0.4, 0.5) is 0 Å². The zero-order valence-corrected chi connectivity index (χ0v) is 15.4. The first-order valence-corrected chi connectivity index (χ1v) is 8.68. The molecule has 0 unspecified atom stereocenters. The molecule has 0 atom stereocenters. The second kappa shape index (κ2) is 8.10. The molecule has 2 heterocycles. The molecule has 1 aromatic carbocycles. The minimum absolute atomic E-state index is 0.200. The van der Waals surface area contributed by atoms with Crippen molar-refractivity contribution >= 4 is 17.5 Å². The van der Waals surface area contributed by atoms with Crippen LogP contribution in [0.2, 0.25) is 5.02 Å². The molecular weight excluding hydrogens is 354 g/mol. The Labute approximate surface area is 156 Å². The van der Waals surface area contributed by atoms with Gasteiger partial charge in [-0.05, 0) is 49.4 Å². The number of carbonyl (C=O) groups excluding carboxylic acids is 1. The highest BCUT2D eigenvalue weighted by molar-refractivity contribution is 6.30. The Morgan fingerprint density at radius 3 is 2.69 bits per heavy atom. The molecule has 0 bridgehead atoms. The standard InChI is InChI=1S/C19H20ClN3O3/c1-3-23-11-10-15(21-23)12-22(2)19(24)18-9-8-17(26-18)13-25-16-6-4-14(20)5-7-16/h4-11H,3,12-13H2,1-2H3. The Balaban J connectivity index is 1.57. The number of aromatic nitrogens is 2. The van der Waals surface area contributed by atoms with Crippen molar-refractivity contribution in [2.75, 3.05) is 7.05 Å². The fourth-order valence-electron chi connectivity index (χ4n) is 2.42. The van der Waals surface area contributed by atoms with Crippen LogP contribution in [0, 0.1) is 0 Å². The number of furan rings is 1. The van der Waals surface area contributed by atoms with Crippen LogP contribution in [0.15, 0.2) is 53.1 Å². The Bertz CT molecular complexity index is 870. The van der Waals surface area contributed by atoms with E-state index in [0.717, 1.165) is 12.2 Å². The van der Waals surface area contributed by atoms with Gasteiger partial charge in [0.05, 0.1) is 12.2 Å². The summed E-state index contributed by atoms with van der Waals surface area (Å²) < 4.78 is 13.1. The lowest BCUT2D eigenvalue weighted by Crippen LogP contribution is -2.26. The third-order valence-corrected chi connectivity index (χ3v) is 4.08. The van der Waals surface area contributed by atoms with Gasteiger partial charge in [-0.1, -0.05) is 11.6 Å². The number of benzene rings is 1. The van der Waals surface area contributed by atoms with Gasteiger partial charge in [-0.25, -0.2) is 0 Å². The maximum absolute atomic E-state index is 12.5. The summed E-state index contributed by atoms with van der Waals surface area (Å²) in [6.45, 7) is 3.47. The molecule has 3 rings (SSSR count). The number of hydrogen-bond acceptors (Lipinski definition) is 4. The molecule has 0 N–H and O–H groups in total. The summed E-state index contributed by atoms with van der Waals surface area (Å²) in [5.74, 6) is 1.33. The smallest absolute Gasteiger partial charge is 0.289 e. The average Bonchev–Trinajstić information content (AvgIpc) is 3.30. The molecule has 0 fully saturated rings. The molecule has 0 aliphatic rings. The lowest BCUT2D eigenvalue weighted by molar-refractivity contribution is 0.0747. The van der Waals surface area contributed by atoms with Crippen LogP contribution in [0.1, 0.15) is 28.9 Å². The summed E-state index contributed by atoms with van der Waals surface area (Å²) in [6, 6.07) is 12.4. The maximum Gasteiger partial charge on any atom is 0.289 e. The van der Waals surface area contributed by atoms with Crippen LogP contribution >= 0.6 is 11.6 Å². The van der Waals surface area contributed by atoms with E-state index in [0.29, 0.717) is 23.1 Å². The summed E-state index contributed by atoms with van der Waals surface area (Å²) in [7, 11) is 1.72. The molecule has 0 spiro atoms. The minimum atomic E-state index is -0.200. The van der Waals surface area contributed by atoms with Crippen LogP contribution < -0.4 is 4.74 Å². The van der Waals surface area contributed by atoms with Crippen molar-refractivity contribution in [2.24, 2.45) is 0 Å². The molecule has 3 aromatic rings. The van der Waals surface area contributed by atoms with E-state index in [2.05, 4.69) is 5.10 Å². The topological polar surface area (TPSA) is 60.5 Å². The van der Waals surface area contributed by atoms with E-state index < -0.39 is 0 Å². The summed E-state index contributed by atoms with van der Waals surface area (Å²) in [5, 5.41) is 5.03. The Kier molecular flexibility index (Phi) is 5.63. The predicted octanol–water partition coefficient (Wildman–Crippen LogP) is 4.00. The third-order valence-electron chi connectivity index (χ3n) is 3.83. The van der Waals surface area contributed by atoms with Crippen molar-refractivity contribution < 1.29 is 13.9 Å². The molecule has 7 heteroatoms. The van der Waals surface area contributed by atoms with E-state index in [9.17, 15) is 4.79 Å². The molecule has 2 aromatic heterocycles. The van der Waals surface area contributed by atoms with Gasteiger partial charge in [-0.2, -0.15) is 5.10 Å². The first-order valence-electron chi connectivity index (χ1n) is 8.30. The van der Waals surface area contributed by atoms with Crippen molar-refractivity contribution in [3.8, 4) is 5.75 Å². The van der Waals surface area contributed by atoms with E-state index in [1.54, 1.807) is 48.3 Å². The maximum atomic E-state index is 12.5. The van der Waals surface area contributed by atoms with E-state index in [4.69, 9.17) is 20.8 Å². The first-order chi connectivity index (χ1) is 12.5. The van der Waals surface area contributed by atoms with Crippen molar-refractivity contribution in [3.05, 3.63) is 70.9 Å². The van der Waals surface area contributed by atoms with Crippen molar-refractivity contribution in [1.82, 2.24) is 14.7 Å². The second-order valence-corrected chi connectivity index (χ2v) is 6.27. The quantitative estimate of drug-likeness (QED) is 0.628. The fraction of sp³-hybridized carbons (Fsp3) is 0.263. The number of hydrogen-bond donors (Lipinski definition) is 0. The Hall–Kier alpha value is -2.73. The average molecular weight is 374 g/mol. The zero-order chi connectivity index (χ0) is 18.5. The van der Waals surface area contributed by atoms with Gasteiger partial charge >= 0.3 is 0 Å². The fourth-order valence-corrected chi connectivity index (χ4v) is 2.55. The number of rotatable bonds is 7. The molecule has 1 amide bonds. The van der Waals surface area contributed by atoms with Gasteiger partial charge in [0.2, 0.25) is 0 Å². The van der Waals surface area contributed by atoms with Gasteiger partial charge < -0.3 is 14.1 Å². The number of nitrogens with zero attached hydrogens (tertiary/aromatic N) is 3. The summed E-state index contributed by atoms with van der Waals surface area (Å²) in [5.41, 5.74) is 0.834. The molecule has 0 saturated heterocycles. The van der Waals surface area contributed by atoms with Crippen molar-refractivity contribution in [3.63, 3.8) is 0 Å². The van der Waals surface area contributed by atoms with Crippen LogP contribution in [-0.4, -0.2) is 27.6 Å². The molecule has 6 nitrogen and oxygen atoms in total. The van der Waals surface area contributed by atoms with Crippen LogP contribution in [0.3, 0.4) is 0 Å². The summed E-state index contributed by atoms with van der Waals surface area (Å²) >= 11 is 5.84. The Morgan fingerprint density at radius 2 is 2.00 bits per heavy atom. The van der Waals surface area contributed by atoms with Gasteiger partial charge in [-0.3, -0.25) is 9.48 Å². The monoisotopic (exact) mass is 373 g/mol. The molecule has 0 saturated carbocycles. The molecular formula is C19H20ClN3O3. The normalized spacial score (nSPS) is 10.7. The molecule has 0 radical (unpaired) electrons. The number of carbonyl (C=O) groups is 1. The van der Waals surface area contributed by atoms with E-state index in [1.165, 1.54) is 0 Å². The number of halogens is 1. The number of ether oxygens (including phenoxy) is 1. The highest BCUT2D eigenvalue weighted by Crippen LogP contribution is 2.18. The summed E-state index contributed by atoms with van der Waals surface area (Å²) in [4.78, 5) is 14.1. The van der Waals surface area contributed by atoms with Crippen molar-refractivity contribution in [1.29, 1.82) is 0 Å². The SMILES string of the molecule is CCn1ccc(CN(C)C(=O)c2ccc(COc3ccc(Cl)cc3)o2)n1. The van der Waals surface area contributed by atoms with Crippen LogP contribution in [-0.2, 0) is 19.7 Å². The lowest BCUT2D eigenvalue weighted by atomic mass is 10.3. The first kappa shape index (κ1) is 18.1. The minimum Gasteiger partial charge on any atom is -0.486 e. The van der Waals surface area contributed by atoms with E-state index >= 15 is 0 Å². The van der Waals surface area contributed by atoms with Gasteiger partial charge in [0.15, 0.2) is 5.76 Å². The van der Waals surface area contributed by atoms with Gasteiger partial charge in [0, 0.05) is 24.8 Å². The van der Waals surface area contributed by atoms with E-state index in [-0.39, 0.29) is 18.3 Å². The second-order valence-electron chi connectivity index (χ2n) is 5.83. The number of aryl methyl sites for hydroxylation is 1. The van der Waals surface area contributed by atoms with E-state index in [1.807, 2.05) is 23.9 Å². The molecule has 0 aliphatic heterocycles.